The number of benzene rings is 2. The van der Waals surface area contributed by atoms with E-state index in [1.54, 1.807) is 0 Å². The van der Waals surface area contributed by atoms with Crippen LogP contribution < -0.4 is 16.0 Å². The van der Waals surface area contributed by atoms with Crippen molar-refractivity contribution in [2.45, 2.75) is 18.8 Å². The normalized spacial score (nSPS) is 21.2. The van der Waals surface area contributed by atoms with Crippen LogP contribution in [-0.4, -0.2) is 28.1 Å². The Labute approximate surface area is 186 Å². The van der Waals surface area contributed by atoms with Gasteiger partial charge in [0.25, 0.3) is 5.91 Å². The summed E-state index contributed by atoms with van der Waals surface area (Å²) in [5, 5.41) is 14.2. The Morgan fingerprint density at radius 2 is 1.90 bits per heavy atom. The lowest BCUT2D eigenvalue weighted by Gasteiger charge is -2.38. The Morgan fingerprint density at radius 3 is 2.71 bits per heavy atom. The molecule has 3 N–H and O–H groups in total. The Kier molecular flexibility index (Phi) is 3.74. The van der Waals surface area contributed by atoms with Crippen LogP contribution in [0.3, 0.4) is 0 Å². The average molecular weight is 476 g/mol. The third-order valence-corrected chi connectivity index (χ3v) is 6.74. The molecule has 4 heterocycles. The number of carbonyl (C=O) groups excluding carboxylic acids is 2. The minimum absolute atomic E-state index is 0.225. The Hall–Kier alpha value is -3.39. The molecule has 8 heteroatoms. The van der Waals surface area contributed by atoms with Crippen molar-refractivity contribution in [1.29, 1.82) is 0 Å². The smallest absolute Gasteiger partial charge is 0.250 e. The monoisotopic (exact) mass is 475 g/mol. The lowest BCUT2D eigenvalue weighted by molar-refractivity contribution is -0.123. The number of hydrogen-bond donors (Lipinski definition) is 3. The van der Waals surface area contributed by atoms with Gasteiger partial charge >= 0.3 is 0 Å². The molecule has 3 aliphatic heterocycles. The van der Waals surface area contributed by atoms with Crippen LogP contribution in [0.5, 0.6) is 0 Å². The molecule has 0 aliphatic carbocycles. The van der Waals surface area contributed by atoms with E-state index in [2.05, 4.69) is 31.9 Å². The third kappa shape index (κ3) is 2.31. The van der Waals surface area contributed by atoms with Crippen LogP contribution in [0, 0.1) is 6.92 Å². The number of fused-ring (bicyclic) bond motifs is 5. The minimum Gasteiger partial charge on any atom is -0.352 e. The molecule has 0 bridgehead atoms. The fraction of sp³-hybridized carbons (Fsp3) is 0.174. The number of anilines is 2. The van der Waals surface area contributed by atoms with E-state index in [9.17, 15) is 9.59 Å². The largest absolute Gasteiger partial charge is 0.352 e. The van der Waals surface area contributed by atoms with E-state index in [0.29, 0.717) is 35.5 Å². The highest BCUT2D eigenvalue weighted by atomic mass is 79.9. The van der Waals surface area contributed by atoms with Crippen molar-refractivity contribution < 1.29 is 9.59 Å². The number of para-hydroxylation sites is 1. The lowest BCUT2D eigenvalue weighted by atomic mass is 9.66. The average Bonchev–Trinajstić information content (AvgIpc) is 3.23. The number of aryl methyl sites for hydroxylation is 1. The molecule has 31 heavy (non-hydrogen) atoms. The minimum atomic E-state index is -1.26. The second-order valence-electron chi connectivity index (χ2n) is 7.93. The summed E-state index contributed by atoms with van der Waals surface area (Å²) in [5.74, 6) is 0.267. The van der Waals surface area contributed by atoms with E-state index < -0.39 is 5.41 Å². The first kappa shape index (κ1) is 18.4. The number of nitrogens with zero attached hydrogens (tertiary/aromatic N) is 2. The van der Waals surface area contributed by atoms with Gasteiger partial charge in [-0.15, -0.1) is 0 Å². The summed E-state index contributed by atoms with van der Waals surface area (Å²) in [6.07, 6.45) is 0.612. The molecule has 2 amide bonds. The van der Waals surface area contributed by atoms with Crippen LogP contribution in [0.15, 0.2) is 64.3 Å². The molecule has 1 aromatic heterocycles. The zero-order chi connectivity index (χ0) is 21.3. The van der Waals surface area contributed by atoms with Crippen molar-refractivity contribution in [1.82, 2.24) is 15.1 Å². The zero-order valence-corrected chi connectivity index (χ0v) is 18.2. The SMILES string of the molecule is Cc1nn(-c2ccccc2)c2c1C1(C(=O)Nc3cc(Br)ccc31)C1=C(CCNC1=O)N2. The Balaban J connectivity index is 1.73. The highest BCUT2D eigenvalue weighted by molar-refractivity contribution is 9.10. The predicted octanol–water partition coefficient (Wildman–Crippen LogP) is 3.38. The van der Waals surface area contributed by atoms with Gasteiger partial charge in [0.05, 0.1) is 17.0 Å². The lowest BCUT2D eigenvalue weighted by Crippen LogP contribution is -2.50. The molecule has 0 saturated carbocycles. The zero-order valence-electron chi connectivity index (χ0n) is 16.6. The molecular weight excluding hydrogens is 458 g/mol. The van der Waals surface area contributed by atoms with Crippen LogP contribution in [0.25, 0.3) is 5.69 Å². The number of nitrogens with one attached hydrogen (secondary N) is 3. The second kappa shape index (κ2) is 6.31. The van der Waals surface area contributed by atoms with E-state index in [-0.39, 0.29) is 11.8 Å². The quantitative estimate of drug-likeness (QED) is 0.503. The maximum Gasteiger partial charge on any atom is 0.250 e. The molecule has 0 fully saturated rings. The first-order valence-corrected chi connectivity index (χ1v) is 10.9. The van der Waals surface area contributed by atoms with Gasteiger partial charge in [-0.2, -0.15) is 5.10 Å². The molecule has 7 nitrogen and oxygen atoms in total. The van der Waals surface area contributed by atoms with Crippen molar-refractivity contribution >= 4 is 39.2 Å². The van der Waals surface area contributed by atoms with Crippen LogP contribution in [-0.2, 0) is 15.0 Å². The van der Waals surface area contributed by atoms with Crippen molar-refractivity contribution in [3.05, 3.63) is 81.1 Å². The van der Waals surface area contributed by atoms with Crippen LogP contribution >= 0.6 is 15.9 Å². The molecular formula is C23H18BrN5O2. The highest BCUT2D eigenvalue weighted by Gasteiger charge is 2.59. The van der Waals surface area contributed by atoms with E-state index in [4.69, 9.17) is 5.10 Å². The predicted molar refractivity (Wildman–Crippen MR) is 120 cm³/mol. The molecule has 1 unspecified atom stereocenters. The molecule has 6 rings (SSSR count). The number of amides is 2. The van der Waals surface area contributed by atoms with E-state index in [0.717, 1.165) is 27.2 Å². The highest BCUT2D eigenvalue weighted by Crippen LogP contribution is 2.55. The van der Waals surface area contributed by atoms with E-state index >= 15 is 0 Å². The molecule has 154 valence electrons. The number of aromatic nitrogens is 2. The number of rotatable bonds is 1. The molecule has 2 aromatic carbocycles. The standard InChI is InChI=1S/C23H18BrN5O2/c1-12-18-20(29(28-12)14-5-3-2-4-6-14)26-16-9-10-25-21(30)19(16)23(18)15-8-7-13(24)11-17(15)27-22(23)31/h2-8,11,26H,9-10H2,1H3,(H,25,30)(H,27,31). The fourth-order valence-corrected chi connectivity index (χ4v) is 5.43. The molecule has 1 atom stereocenters. The maximum absolute atomic E-state index is 13.8. The summed E-state index contributed by atoms with van der Waals surface area (Å²) in [7, 11) is 0. The van der Waals surface area contributed by atoms with Crippen molar-refractivity contribution in [3.8, 4) is 5.69 Å². The van der Waals surface area contributed by atoms with Crippen LogP contribution in [0.1, 0.15) is 23.2 Å². The Bertz CT molecular complexity index is 1330. The number of hydrogen-bond acceptors (Lipinski definition) is 4. The molecule has 0 saturated heterocycles. The topological polar surface area (TPSA) is 88.1 Å². The van der Waals surface area contributed by atoms with Gasteiger partial charge in [0, 0.05) is 39.9 Å². The van der Waals surface area contributed by atoms with Crippen LogP contribution in [0.2, 0.25) is 0 Å². The van der Waals surface area contributed by atoms with Gasteiger partial charge in [0.2, 0.25) is 5.91 Å². The van der Waals surface area contributed by atoms with Crippen molar-refractivity contribution in [2.24, 2.45) is 0 Å². The van der Waals surface area contributed by atoms with Gasteiger partial charge < -0.3 is 16.0 Å². The summed E-state index contributed by atoms with van der Waals surface area (Å²) in [5.41, 5.74) is 3.72. The van der Waals surface area contributed by atoms with Crippen molar-refractivity contribution in [2.75, 3.05) is 17.2 Å². The fourth-order valence-electron chi connectivity index (χ4n) is 5.07. The summed E-state index contributed by atoms with van der Waals surface area (Å²) in [6, 6.07) is 15.5. The number of carbonyl (C=O) groups is 2. The van der Waals surface area contributed by atoms with Gasteiger partial charge in [0.1, 0.15) is 11.2 Å². The second-order valence-corrected chi connectivity index (χ2v) is 8.85. The summed E-state index contributed by atoms with van der Waals surface area (Å²) in [6.45, 7) is 2.40. The van der Waals surface area contributed by atoms with Gasteiger partial charge in [-0.05, 0) is 31.2 Å². The third-order valence-electron chi connectivity index (χ3n) is 6.24. The number of halogens is 1. The summed E-state index contributed by atoms with van der Waals surface area (Å²) in [4.78, 5) is 27.0. The summed E-state index contributed by atoms with van der Waals surface area (Å²) < 4.78 is 2.68. The Morgan fingerprint density at radius 1 is 1.10 bits per heavy atom. The molecule has 0 radical (unpaired) electrons. The van der Waals surface area contributed by atoms with Gasteiger partial charge in [-0.3, -0.25) is 9.59 Å². The summed E-state index contributed by atoms with van der Waals surface area (Å²) >= 11 is 3.49. The first-order valence-electron chi connectivity index (χ1n) is 10.1. The van der Waals surface area contributed by atoms with Gasteiger partial charge in [-0.25, -0.2) is 4.68 Å². The van der Waals surface area contributed by atoms with Crippen molar-refractivity contribution in [3.63, 3.8) is 0 Å². The van der Waals surface area contributed by atoms with Gasteiger partial charge in [0.15, 0.2) is 0 Å². The molecule has 3 aromatic rings. The van der Waals surface area contributed by atoms with E-state index in [1.807, 2.05) is 60.1 Å². The van der Waals surface area contributed by atoms with Crippen LogP contribution in [0.4, 0.5) is 11.5 Å². The van der Waals surface area contributed by atoms with Gasteiger partial charge in [-0.1, -0.05) is 40.2 Å². The molecule has 3 aliphatic rings. The van der Waals surface area contributed by atoms with E-state index in [1.165, 1.54) is 0 Å². The first-order chi connectivity index (χ1) is 15.0. The molecule has 1 spiro atoms. The maximum atomic E-state index is 13.8.